The molecule has 4 heteroatoms. The van der Waals surface area contributed by atoms with E-state index < -0.39 is 15.8 Å². The fraction of sp³-hybridized carbons (Fsp3) is 0.0154. The Kier molecular flexibility index (Phi) is 16.6. The molecule has 0 N–H and O–H groups in total. The van der Waals surface area contributed by atoms with Gasteiger partial charge in [0, 0.05) is 0 Å². The van der Waals surface area contributed by atoms with Crippen molar-refractivity contribution in [2.24, 2.45) is 0 Å². The SMILES string of the molecule is [Ag+].[Ag+].[C-]#Cc1ccc2c(ccc3c4ccccc4ccc23)c1.[C-]#Cc1ccc2c(ccc3c4ccccc4ccc23)c1.c1ccc([PH+](C[PH+](c2ccccc2)c2ccccc2)c2ccccc2)cc1. The quantitative estimate of drug-likeness (QED) is 0.0512. The van der Waals surface area contributed by atoms with Gasteiger partial charge in [-0.1, -0.05) is 182 Å². The van der Waals surface area contributed by atoms with Gasteiger partial charge in [-0.3, -0.25) is 11.8 Å². The predicted molar refractivity (Wildman–Crippen MR) is 296 cm³/mol. The Labute approximate surface area is 439 Å². The van der Waals surface area contributed by atoms with Crippen LogP contribution >= 0.6 is 15.8 Å². The molecule has 0 aliphatic rings. The van der Waals surface area contributed by atoms with Gasteiger partial charge >= 0.3 is 44.8 Å². The van der Waals surface area contributed by atoms with Gasteiger partial charge in [0.1, 0.15) is 37.1 Å². The van der Waals surface area contributed by atoms with Crippen LogP contribution in [0.2, 0.25) is 0 Å². The summed E-state index contributed by atoms with van der Waals surface area (Å²) in [6.07, 6.45) is 14.5. The van der Waals surface area contributed by atoms with Gasteiger partial charge in [0.2, 0.25) is 0 Å². The van der Waals surface area contributed by atoms with Crippen LogP contribution < -0.4 is 21.2 Å². The first-order valence-corrected chi connectivity index (χ1v) is 26.0. The zero-order valence-electron chi connectivity index (χ0n) is 37.6. The van der Waals surface area contributed by atoms with Gasteiger partial charge in [0.05, 0.1) is 0 Å². The van der Waals surface area contributed by atoms with Gasteiger partial charge < -0.3 is 12.8 Å². The molecule has 12 rings (SSSR count). The van der Waals surface area contributed by atoms with Crippen LogP contribution in [0.4, 0.5) is 0 Å². The molecule has 336 valence electrons. The number of hydrogen-bond donors (Lipinski definition) is 0. The Morgan fingerprint density at radius 1 is 0.261 bits per heavy atom. The van der Waals surface area contributed by atoms with Crippen LogP contribution in [0, 0.1) is 24.7 Å². The molecule has 0 saturated carbocycles. The van der Waals surface area contributed by atoms with Crippen molar-refractivity contribution in [3.8, 4) is 11.8 Å². The van der Waals surface area contributed by atoms with E-state index >= 15 is 0 Å². The smallest absolute Gasteiger partial charge is 0.366 e. The molecule has 0 saturated heterocycles. The van der Waals surface area contributed by atoms with Crippen LogP contribution in [0.3, 0.4) is 0 Å². The van der Waals surface area contributed by atoms with Gasteiger partial charge in [-0.2, -0.15) is 0 Å². The van der Waals surface area contributed by atoms with E-state index in [2.05, 4.69) is 242 Å². The summed E-state index contributed by atoms with van der Waals surface area (Å²) in [5, 5.41) is 21.0. The van der Waals surface area contributed by atoms with E-state index in [0.29, 0.717) is 0 Å². The summed E-state index contributed by atoms with van der Waals surface area (Å²) in [4.78, 5) is 0. The Hall–Kier alpha value is -6.34. The zero-order valence-corrected chi connectivity index (χ0v) is 42.5. The maximum absolute atomic E-state index is 7.24. The molecule has 0 spiro atoms. The van der Waals surface area contributed by atoms with Gasteiger partial charge in [-0.25, -0.2) is 0 Å². The molecule has 69 heavy (non-hydrogen) atoms. The Balaban J connectivity index is 0.000000140. The molecule has 0 aromatic heterocycles. The first-order valence-electron chi connectivity index (χ1n) is 22.6. The van der Waals surface area contributed by atoms with E-state index in [9.17, 15) is 0 Å². The van der Waals surface area contributed by atoms with E-state index in [0.717, 1.165) is 21.9 Å². The van der Waals surface area contributed by atoms with Crippen molar-refractivity contribution in [1.82, 2.24) is 0 Å². The van der Waals surface area contributed by atoms with Crippen LogP contribution in [0.15, 0.2) is 255 Å². The third-order valence-electron chi connectivity index (χ3n) is 12.6. The number of benzene rings is 12. The Morgan fingerprint density at radius 2 is 0.522 bits per heavy atom. The minimum Gasteiger partial charge on any atom is -0.366 e. The molecule has 0 aliphatic heterocycles. The molecule has 0 bridgehead atoms. The van der Waals surface area contributed by atoms with E-state index in [1.807, 2.05) is 24.3 Å². The van der Waals surface area contributed by atoms with Crippen molar-refractivity contribution in [2.45, 2.75) is 0 Å². The molecule has 0 aliphatic carbocycles. The van der Waals surface area contributed by atoms with Crippen LogP contribution in [0.1, 0.15) is 11.1 Å². The van der Waals surface area contributed by atoms with Gasteiger partial charge in [-0.15, -0.1) is 35.4 Å². The Morgan fingerprint density at radius 3 is 0.841 bits per heavy atom. The molecular formula is C65H46Ag2P2+2. The second-order valence-electron chi connectivity index (χ2n) is 16.6. The average molecular weight is 1100 g/mol. The fourth-order valence-corrected chi connectivity index (χ4v) is 17.0. The van der Waals surface area contributed by atoms with E-state index in [1.165, 1.54) is 81.0 Å². The fourth-order valence-electron chi connectivity index (χ4n) is 9.29. The van der Waals surface area contributed by atoms with E-state index in [-0.39, 0.29) is 44.8 Å². The maximum atomic E-state index is 7.24. The minimum atomic E-state index is -0.847. The molecule has 0 amide bonds. The third-order valence-corrected chi connectivity index (χ3v) is 19.6. The van der Waals surface area contributed by atoms with Crippen LogP contribution in [-0.2, 0) is 44.8 Å². The summed E-state index contributed by atoms with van der Waals surface area (Å²) in [5.74, 6) is 6.14. The summed E-state index contributed by atoms with van der Waals surface area (Å²) in [6, 6.07) is 90.8. The summed E-state index contributed by atoms with van der Waals surface area (Å²) in [6.45, 7) is 0. The second-order valence-corrected chi connectivity index (χ2v) is 22.3. The number of hydrogen-bond acceptors (Lipinski definition) is 0. The molecule has 0 atom stereocenters. The Bertz CT molecular complexity index is 3420. The van der Waals surface area contributed by atoms with Crippen molar-refractivity contribution in [2.75, 3.05) is 5.90 Å². The van der Waals surface area contributed by atoms with Crippen molar-refractivity contribution in [1.29, 1.82) is 0 Å². The largest absolute Gasteiger partial charge is 1.00 e. The first kappa shape index (κ1) is 49.1. The molecule has 12 aromatic rings. The van der Waals surface area contributed by atoms with Gasteiger partial charge in [0.25, 0.3) is 0 Å². The first-order chi connectivity index (χ1) is 33.1. The molecule has 12 aromatic carbocycles. The standard InChI is InChI=1S/C25H22P2.2C20H11.2Ag/c1-5-13-22(14-6-1)26(23-15-7-2-8-16-23)21-27(24-17-9-3-10-18-24)25-19-11-4-12-20-25;2*1-2-14-7-10-18-16(13-14)9-12-19-17-6-4-3-5-15(17)8-11-20(18)19;;/h1-20H,21H2;2*3-13H;;/q;2*-1;2*+1/p+2. The van der Waals surface area contributed by atoms with Gasteiger partial charge in [0.15, 0.2) is 5.90 Å². The molecule has 0 heterocycles. The summed E-state index contributed by atoms with van der Waals surface area (Å²) < 4.78 is 0. The normalized spacial score (nSPS) is 10.7. The van der Waals surface area contributed by atoms with E-state index in [1.54, 1.807) is 0 Å². The summed E-state index contributed by atoms with van der Waals surface area (Å²) >= 11 is 0. The molecule has 0 fully saturated rings. The number of fused-ring (bicyclic) bond motifs is 10. The van der Waals surface area contributed by atoms with Crippen LogP contribution in [-0.4, -0.2) is 5.90 Å². The van der Waals surface area contributed by atoms with Crippen molar-refractivity contribution < 1.29 is 44.8 Å². The monoisotopic (exact) mass is 1100 g/mol. The molecule has 0 nitrogen and oxygen atoms in total. The van der Waals surface area contributed by atoms with E-state index in [4.69, 9.17) is 12.8 Å². The topological polar surface area (TPSA) is 0 Å². The average Bonchev–Trinajstić information content (AvgIpc) is 3.41. The zero-order chi connectivity index (χ0) is 45.4. The van der Waals surface area contributed by atoms with Crippen LogP contribution in [0.5, 0.6) is 0 Å². The molecular weight excluding hydrogens is 1060 g/mol. The summed E-state index contributed by atoms with van der Waals surface area (Å²) in [5.41, 5.74) is 1.63. The number of rotatable bonds is 6. The summed E-state index contributed by atoms with van der Waals surface area (Å²) in [7, 11) is -1.69. The second kappa shape index (κ2) is 23.3. The molecule has 0 unspecified atom stereocenters. The minimum absolute atomic E-state index is 0. The van der Waals surface area contributed by atoms with Crippen molar-refractivity contribution >= 4 is 102 Å². The third kappa shape index (κ3) is 10.9. The molecule has 0 radical (unpaired) electrons. The maximum Gasteiger partial charge on any atom is 1.00 e. The van der Waals surface area contributed by atoms with Crippen LogP contribution in [0.25, 0.3) is 64.6 Å². The van der Waals surface area contributed by atoms with Gasteiger partial charge in [-0.05, 0) is 113 Å². The van der Waals surface area contributed by atoms with Crippen molar-refractivity contribution in [3.63, 3.8) is 0 Å². The van der Waals surface area contributed by atoms with Crippen molar-refractivity contribution in [3.05, 3.63) is 279 Å². The predicted octanol–water partition coefficient (Wildman–Crippen LogP) is 14.8.